The van der Waals surface area contributed by atoms with Crippen molar-refractivity contribution < 1.29 is 9.53 Å². The quantitative estimate of drug-likeness (QED) is 0.933. The highest BCUT2D eigenvalue weighted by Crippen LogP contribution is 2.26. The number of morpholine rings is 1. The topological polar surface area (TPSA) is 59.4 Å². The lowest BCUT2D eigenvalue weighted by atomic mass is 10.2. The fourth-order valence-electron chi connectivity index (χ4n) is 2.55. The van der Waals surface area contributed by atoms with Gasteiger partial charge in [-0.1, -0.05) is 12.1 Å². The number of hydrogen-bond acceptors (Lipinski definition) is 4. The molecule has 0 saturated carbocycles. The van der Waals surface area contributed by atoms with Gasteiger partial charge < -0.3 is 15.0 Å². The standard InChI is InChI=1S/C16H20N4O2/c1-13-10-17-20(11-13)12-16(21)18-14-4-2-3-5-15(14)19-6-8-22-9-7-19/h2-5,10-11H,6-9,12H2,1H3,(H,18,21). The van der Waals surface area contributed by atoms with Gasteiger partial charge in [-0.25, -0.2) is 0 Å². The van der Waals surface area contributed by atoms with E-state index in [1.807, 2.05) is 37.4 Å². The Labute approximate surface area is 129 Å². The van der Waals surface area contributed by atoms with Gasteiger partial charge in [0.05, 0.1) is 30.8 Å². The Bertz CT molecular complexity index is 647. The van der Waals surface area contributed by atoms with Crippen LogP contribution in [0.2, 0.25) is 0 Å². The predicted molar refractivity (Wildman–Crippen MR) is 85.1 cm³/mol. The SMILES string of the molecule is Cc1cnn(CC(=O)Nc2ccccc2N2CCOCC2)c1. The molecule has 1 aliphatic rings. The fourth-order valence-corrected chi connectivity index (χ4v) is 2.55. The number of nitrogens with zero attached hydrogens (tertiary/aromatic N) is 3. The van der Waals surface area contributed by atoms with Crippen molar-refractivity contribution in [3.63, 3.8) is 0 Å². The first kappa shape index (κ1) is 14.6. The molecule has 2 heterocycles. The van der Waals surface area contributed by atoms with Crippen molar-refractivity contribution in [1.29, 1.82) is 0 Å². The van der Waals surface area contributed by atoms with Crippen molar-refractivity contribution in [1.82, 2.24) is 9.78 Å². The summed E-state index contributed by atoms with van der Waals surface area (Å²) in [6, 6.07) is 7.87. The number of hydrogen-bond donors (Lipinski definition) is 1. The maximum atomic E-state index is 12.2. The van der Waals surface area contributed by atoms with Gasteiger partial charge in [0.2, 0.25) is 5.91 Å². The van der Waals surface area contributed by atoms with Crippen LogP contribution in [0.1, 0.15) is 5.56 Å². The van der Waals surface area contributed by atoms with Gasteiger partial charge in [-0.15, -0.1) is 0 Å². The normalized spacial score (nSPS) is 14.9. The largest absolute Gasteiger partial charge is 0.378 e. The summed E-state index contributed by atoms with van der Waals surface area (Å²) >= 11 is 0. The van der Waals surface area contributed by atoms with Gasteiger partial charge in [0, 0.05) is 19.3 Å². The third-order valence-electron chi connectivity index (χ3n) is 3.60. The third-order valence-corrected chi connectivity index (χ3v) is 3.60. The van der Waals surface area contributed by atoms with Crippen LogP contribution in [-0.4, -0.2) is 42.0 Å². The molecule has 1 aromatic heterocycles. The van der Waals surface area contributed by atoms with Gasteiger partial charge in [-0.2, -0.15) is 5.10 Å². The monoisotopic (exact) mass is 300 g/mol. The van der Waals surface area contributed by atoms with Crippen molar-refractivity contribution in [2.75, 3.05) is 36.5 Å². The molecule has 0 atom stereocenters. The Kier molecular flexibility index (Phi) is 4.39. The zero-order valence-corrected chi connectivity index (χ0v) is 12.7. The second-order valence-electron chi connectivity index (χ2n) is 5.38. The first-order chi connectivity index (χ1) is 10.7. The lowest BCUT2D eigenvalue weighted by Gasteiger charge is -2.30. The minimum absolute atomic E-state index is 0.0798. The number of carbonyl (C=O) groups is 1. The van der Waals surface area contributed by atoms with E-state index in [4.69, 9.17) is 4.74 Å². The van der Waals surface area contributed by atoms with E-state index in [1.165, 1.54) is 0 Å². The molecule has 1 saturated heterocycles. The van der Waals surface area contributed by atoms with Crippen molar-refractivity contribution in [2.45, 2.75) is 13.5 Å². The van der Waals surface area contributed by atoms with Crippen LogP contribution in [0.4, 0.5) is 11.4 Å². The number of nitrogens with one attached hydrogen (secondary N) is 1. The fraction of sp³-hybridized carbons (Fsp3) is 0.375. The molecule has 0 radical (unpaired) electrons. The van der Waals surface area contributed by atoms with Gasteiger partial charge >= 0.3 is 0 Å². The number of aryl methyl sites for hydroxylation is 1. The summed E-state index contributed by atoms with van der Waals surface area (Å²) in [6.45, 7) is 5.28. The summed E-state index contributed by atoms with van der Waals surface area (Å²) in [4.78, 5) is 14.4. The summed E-state index contributed by atoms with van der Waals surface area (Å²) in [7, 11) is 0. The van der Waals surface area contributed by atoms with Crippen molar-refractivity contribution in [3.05, 3.63) is 42.2 Å². The lowest BCUT2D eigenvalue weighted by molar-refractivity contribution is -0.116. The van der Waals surface area contributed by atoms with E-state index in [1.54, 1.807) is 10.9 Å². The maximum absolute atomic E-state index is 12.2. The predicted octanol–water partition coefficient (Wildman–Crippen LogP) is 1.67. The van der Waals surface area contributed by atoms with E-state index in [0.29, 0.717) is 0 Å². The first-order valence-electron chi connectivity index (χ1n) is 7.43. The molecule has 1 aliphatic heterocycles. The van der Waals surface area contributed by atoms with E-state index in [-0.39, 0.29) is 12.5 Å². The van der Waals surface area contributed by atoms with Crippen LogP contribution in [0, 0.1) is 6.92 Å². The number of anilines is 2. The third kappa shape index (κ3) is 3.46. The highest BCUT2D eigenvalue weighted by molar-refractivity contribution is 5.94. The number of benzene rings is 1. The Hall–Kier alpha value is -2.34. The molecule has 6 heteroatoms. The number of aromatic nitrogens is 2. The van der Waals surface area contributed by atoms with Crippen LogP contribution in [0.5, 0.6) is 0 Å². The first-order valence-corrected chi connectivity index (χ1v) is 7.43. The van der Waals surface area contributed by atoms with Gasteiger partial charge in [-0.05, 0) is 24.6 Å². The van der Waals surface area contributed by atoms with Crippen molar-refractivity contribution in [3.8, 4) is 0 Å². The molecule has 1 fully saturated rings. The van der Waals surface area contributed by atoms with E-state index < -0.39 is 0 Å². The van der Waals surface area contributed by atoms with E-state index in [0.717, 1.165) is 43.2 Å². The average Bonchev–Trinajstić information content (AvgIpc) is 2.93. The molecule has 2 aromatic rings. The van der Waals surface area contributed by atoms with Crippen LogP contribution in [0.15, 0.2) is 36.7 Å². The molecule has 1 N–H and O–H groups in total. The Morgan fingerprint density at radius 3 is 2.82 bits per heavy atom. The van der Waals surface area contributed by atoms with Crippen LogP contribution in [0.3, 0.4) is 0 Å². The molecule has 1 aromatic carbocycles. The minimum Gasteiger partial charge on any atom is -0.378 e. The molecule has 3 rings (SSSR count). The number of carbonyl (C=O) groups excluding carboxylic acids is 1. The molecule has 0 aliphatic carbocycles. The summed E-state index contributed by atoms with van der Waals surface area (Å²) in [5.41, 5.74) is 2.91. The number of amides is 1. The zero-order valence-electron chi connectivity index (χ0n) is 12.7. The van der Waals surface area contributed by atoms with E-state index in [2.05, 4.69) is 15.3 Å². The summed E-state index contributed by atoms with van der Waals surface area (Å²) in [5, 5.41) is 7.12. The highest BCUT2D eigenvalue weighted by Gasteiger charge is 2.15. The smallest absolute Gasteiger partial charge is 0.246 e. The van der Waals surface area contributed by atoms with E-state index in [9.17, 15) is 4.79 Å². The summed E-state index contributed by atoms with van der Waals surface area (Å²) in [5.74, 6) is -0.0798. The second-order valence-corrected chi connectivity index (χ2v) is 5.38. The molecule has 116 valence electrons. The molecule has 22 heavy (non-hydrogen) atoms. The molecule has 0 spiro atoms. The second kappa shape index (κ2) is 6.62. The Morgan fingerprint density at radius 1 is 1.32 bits per heavy atom. The summed E-state index contributed by atoms with van der Waals surface area (Å²) in [6.07, 6.45) is 3.60. The van der Waals surface area contributed by atoms with Gasteiger partial charge in [0.1, 0.15) is 6.54 Å². The van der Waals surface area contributed by atoms with Crippen LogP contribution in [0.25, 0.3) is 0 Å². The van der Waals surface area contributed by atoms with Crippen molar-refractivity contribution >= 4 is 17.3 Å². The molecular weight excluding hydrogens is 280 g/mol. The molecule has 1 amide bonds. The van der Waals surface area contributed by atoms with Gasteiger partial charge in [0.25, 0.3) is 0 Å². The highest BCUT2D eigenvalue weighted by atomic mass is 16.5. The molecule has 6 nitrogen and oxygen atoms in total. The molecule has 0 bridgehead atoms. The minimum atomic E-state index is -0.0798. The van der Waals surface area contributed by atoms with Gasteiger partial charge in [-0.3, -0.25) is 9.48 Å². The summed E-state index contributed by atoms with van der Waals surface area (Å²) < 4.78 is 7.02. The number of para-hydroxylation sites is 2. The Balaban J connectivity index is 1.70. The number of rotatable bonds is 4. The lowest BCUT2D eigenvalue weighted by Crippen LogP contribution is -2.36. The number of ether oxygens (including phenoxy) is 1. The average molecular weight is 300 g/mol. The molecular formula is C16H20N4O2. The van der Waals surface area contributed by atoms with Crippen LogP contribution in [-0.2, 0) is 16.1 Å². The van der Waals surface area contributed by atoms with Crippen molar-refractivity contribution in [2.24, 2.45) is 0 Å². The zero-order chi connectivity index (χ0) is 15.4. The van der Waals surface area contributed by atoms with E-state index >= 15 is 0 Å². The maximum Gasteiger partial charge on any atom is 0.246 e. The van der Waals surface area contributed by atoms with Crippen LogP contribution < -0.4 is 10.2 Å². The molecule has 0 unspecified atom stereocenters. The van der Waals surface area contributed by atoms with Gasteiger partial charge in [0.15, 0.2) is 0 Å². The Morgan fingerprint density at radius 2 is 2.09 bits per heavy atom. The van der Waals surface area contributed by atoms with Crippen LogP contribution >= 0.6 is 0 Å².